The van der Waals surface area contributed by atoms with E-state index in [9.17, 15) is 0 Å². The molecule has 22 heavy (non-hydrogen) atoms. The molecule has 126 valence electrons. The zero-order valence-electron chi connectivity index (χ0n) is 15.9. The van der Waals surface area contributed by atoms with Crippen LogP contribution in [0.4, 0.5) is 0 Å². The topological polar surface area (TPSA) is 55.4 Å². The largest absolute Gasteiger partial charge is 0.469 e. The molecule has 0 saturated carbocycles. The van der Waals surface area contributed by atoms with Crippen molar-refractivity contribution in [3.8, 4) is 0 Å². The summed E-state index contributed by atoms with van der Waals surface area (Å²) in [6.45, 7) is 7.48. The van der Waals surface area contributed by atoms with Crippen LogP contribution in [0.25, 0.3) is 0 Å². The highest BCUT2D eigenvalue weighted by Gasteiger charge is 2.59. The van der Waals surface area contributed by atoms with E-state index in [0.29, 0.717) is 18.4 Å². The Bertz CT molecular complexity index is 541. The van der Waals surface area contributed by atoms with E-state index < -0.39 is 48.5 Å². The van der Waals surface area contributed by atoms with Crippen molar-refractivity contribution in [3.05, 3.63) is 0 Å². The molecule has 3 aliphatic rings. The lowest BCUT2D eigenvalue weighted by Crippen LogP contribution is -2.44. The Hall–Kier alpha value is 0.0400. The maximum atomic E-state index is 7.31. The molecular weight excluding hydrogens is 328 g/mol. The molecule has 0 unspecified atom stereocenters. The van der Waals surface area contributed by atoms with Crippen LogP contribution < -0.4 is 0 Å². The third kappa shape index (κ3) is 3.28. The molecule has 3 aliphatic heterocycles. The number of thioether (sulfide) groups is 1. The molecule has 0 spiro atoms. The first-order valence-electron chi connectivity index (χ1n) is 8.58. The van der Waals surface area contributed by atoms with Crippen molar-refractivity contribution in [2.75, 3.05) is 12.8 Å². The molecular formula is C14H22O6S2. The van der Waals surface area contributed by atoms with Crippen molar-refractivity contribution in [2.24, 2.45) is 0 Å². The van der Waals surface area contributed by atoms with Gasteiger partial charge in [-0.2, -0.15) is 0 Å². The smallest absolute Gasteiger partial charge is 0.220 e. The van der Waals surface area contributed by atoms with Crippen molar-refractivity contribution < 1.29 is 32.5 Å². The molecule has 0 aromatic carbocycles. The molecule has 0 radical (unpaired) electrons. The van der Waals surface area contributed by atoms with Gasteiger partial charge in [-0.05, 0) is 46.1 Å². The SMILES string of the molecule is [2H]C([2H])([2H])SC(=S)O[C@@H]1[C@H]2OC(C)(C)O[C@H]2O[C@@H]1[C@H]1COC(C)(C)O1. The lowest BCUT2D eigenvalue weighted by molar-refractivity contribution is -0.230. The summed E-state index contributed by atoms with van der Waals surface area (Å²) < 4.78 is 56.6. The second-order valence-electron chi connectivity index (χ2n) is 6.37. The van der Waals surface area contributed by atoms with E-state index in [2.05, 4.69) is 0 Å². The molecule has 3 rings (SSSR count). The summed E-state index contributed by atoms with van der Waals surface area (Å²) in [5.41, 5.74) is 0. The number of thiocarbonyl (C=S) groups is 1. The predicted molar refractivity (Wildman–Crippen MR) is 84.6 cm³/mol. The Morgan fingerprint density at radius 1 is 1.18 bits per heavy atom. The maximum Gasteiger partial charge on any atom is 0.220 e. The lowest BCUT2D eigenvalue weighted by Gasteiger charge is -2.29. The highest BCUT2D eigenvalue weighted by molar-refractivity contribution is 8.22. The van der Waals surface area contributed by atoms with Crippen LogP contribution in [0.1, 0.15) is 31.8 Å². The zero-order valence-corrected chi connectivity index (χ0v) is 14.5. The summed E-state index contributed by atoms with van der Waals surface area (Å²) in [5, 5.41) is 0. The van der Waals surface area contributed by atoms with Gasteiger partial charge in [0.1, 0.15) is 12.2 Å². The number of fused-ring (bicyclic) bond motifs is 1. The number of hydrogen-bond acceptors (Lipinski definition) is 8. The van der Waals surface area contributed by atoms with E-state index in [-0.39, 0.29) is 4.38 Å². The van der Waals surface area contributed by atoms with Gasteiger partial charge in [-0.25, -0.2) is 0 Å². The molecule has 3 saturated heterocycles. The predicted octanol–water partition coefficient (Wildman–Crippen LogP) is 2.05. The lowest BCUT2D eigenvalue weighted by atomic mass is 10.1. The third-order valence-corrected chi connectivity index (χ3v) is 4.35. The van der Waals surface area contributed by atoms with E-state index >= 15 is 0 Å². The van der Waals surface area contributed by atoms with Crippen molar-refractivity contribution >= 4 is 28.4 Å². The molecule has 0 aromatic rings. The molecule has 0 amide bonds. The zero-order chi connectivity index (χ0) is 18.6. The quantitative estimate of drug-likeness (QED) is 0.699. The Morgan fingerprint density at radius 2 is 1.95 bits per heavy atom. The summed E-state index contributed by atoms with van der Waals surface area (Å²) in [6.07, 6.45) is -5.08. The van der Waals surface area contributed by atoms with Crippen molar-refractivity contribution in [1.29, 1.82) is 0 Å². The Kier molecular flexibility index (Phi) is 3.54. The Morgan fingerprint density at radius 3 is 2.59 bits per heavy atom. The summed E-state index contributed by atoms with van der Waals surface area (Å²) in [7, 11) is 0. The third-order valence-electron chi connectivity index (χ3n) is 3.74. The van der Waals surface area contributed by atoms with Gasteiger partial charge in [0.05, 0.1) is 6.61 Å². The molecule has 3 fully saturated rings. The van der Waals surface area contributed by atoms with Gasteiger partial charge in [-0.1, -0.05) is 11.8 Å². The van der Waals surface area contributed by atoms with Gasteiger partial charge in [-0.3, -0.25) is 0 Å². The van der Waals surface area contributed by atoms with E-state index in [1.807, 2.05) is 13.8 Å². The Balaban J connectivity index is 1.74. The Labute approximate surface area is 144 Å². The van der Waals surface area contributed by atoms with Gasteiger partial charge in [0.15, 0.2) is 30.1 Å². The van der Waals surface area contributed by atoms with Crippen LogP contribution in [-0.4, -0.2) is 59.5 Å². The van der Waals surface area contributed by atoms with Crippen molar-refractivity contribution in [2.45, 2.75) is 70.0 Å². The molecule has 5 atom stereocenters. The first-order chi connectivity index (χ1) is 11.4. The number of ether oxygens (including phenoxy) is 6. The van der Waals surface area contributed by atoms with Gasteiger partial charge in [0.25, 0.3) is 0 Å². The normalized spacial score (nSPS) is 44.9. The first-order valence-corrected chi connectivity index (χ1v) is 8.30. The fourth-order valence-corrected chi connectivity index (χ4v) is 3.22. The fourth-order valence-electron chi connectivity index (χ4n) is 2.95. The molecule has 8 heteroatoms. The summed E-state index contributed by atoms with van der Waals surface area (Å²) in [5.74, 6) is -1.56. The van der Waals surface area contributed by atoms with Gasteiger partial charge < -0.3 is 28.4 Å². The van der Waals surface area contributed by atoms with Crippen LogP contribution in [0.5, 0.6) is 0 Å². The minimum absolute atomic E-state index is 0.0919. The first kappa shape index (κ1) is 13.3. The second-order valence-corrected chi connectivity index (χ2v) is 7.58. The van der Waals surface area contributed by atoms with Gasteiger partial charge in [-0.15, -0.1) is 0 Å². The molecule has 0 N–H and O–H groups in total. The van der Waals surface area contributed by atoms with E-state index in [0.717, 1.165) is 0 Å². The monoisotopic (exact) mass is 353 g/mol. The van der Waals surface area contributed by atoms with Gasteiger partial charge >= 0.3 is 0 Å². The van der Waals surface area contributed by atoms with Crippen LogP contribution in [0.3, 0.4) is 0 Å². The number of hydrogen-bond donors (Lipinski definition) is 0. The van der Waals surface area contributed by atoms with Gasteiger partial charge in [0.2, 0.25) is 4.38 Å². The van der Waals surface area contributed by atoms with E-state index in [1.54, 1.807) is 13.8 Å². The summed E-state index contributed by atoms with van der Waals surface area (Å²) in [4.78, 5) is 0. The fraction of sp³-hybridized carbons (Fsp3) is 0.929. The van der Waals surface area contributed by atoms with Crippen LogP contribution >= 0.6 is 24.0 Å². The van der Waals surface area contributed by atoms with Crippen LogP contribution in [-0.2, 0) is 28.4 Å². The summed E-state index contributed by atoms with van der Waals surface area (Å²) >= 11 is 5.59. The molecule has 0 bridgehead atoms. The maximum absolute atomic E-state index is 7.31. The average Bonchev–Trinajstić information content (AvgIpc) is 2.99. The molecule has 3 heterocycles. The van der Waals surface area contributed by atoms with E-state index in [4.69, 9.17) is 44.8 Å². The minimum atomic E-state index is -2.29. The van der Waals surface area contributed by atoms with E-state index in [1.165, 1.54) is 0 Å². The van der Waals surface area contributed by atoms with Crippen molar-refractivity contribution in [1.82, 2.24) is 0 Å². The van der Waals surface area contributed by atoms with Crippen LogP contribution in [0.15, 0.2) is 0 Å². The highest BCUT2D eigenvalue weighted by Crippen LogP contribution is 2.42. The average molecular weight is 353 g/mol. The highest BCUT2D eigenvalue weighted by atomic mass is 32.2. The number of rotatable bonds is 2. The van der Waals surface area contributed by atoms with Gasteiger partial charge in [0, 0.05) is 4.11 Å². The van der Waals surface area contributed by atoms with Crippen LogP contribution in [0, 0.1) is 0 Å². The molecule has 0 aromatic heterocycles. The van der Waals surface area contributed by atoms with Crippen LogP contribution in [0.2, 0.25) is 0 Å². The summed E-state index contributed by atoms with van der Waals surface area (Å²) in [6, 6.07) is 0. The standard InChI is InChI=1S/C14H22O6S2/c1-13(2)15-6-7(18-13)8-9(17-12(21)22-5)10-11(16-8)20-14(3,4)19-10/h7-11H,6H2,1-5H3/t7-,8-,9+,10-,11-/m1/s1/i5D3. The minimum Gasteiger partial charge on any atom is -0.469 e. The molecule has 0 aliphatic carbocycles. The molecule has 6 nitrogen and oxygen atoms in total. The van der Waals surface area contributed by atoms with Crippen molar-refractivity contribution in [3.63, 3.8) is 0 Å². The second kappa shape index (κ2) is 5.84.